The van der Waals surface area contributed by atoms with Crippen molar-refractivity contribution in [1.29, 1.82) is 0 Å². The lowest BCUT2D eigenvalue weighted by atomic mass is 9.98. The molecule has 0 amide bonds. The maximum Gasteiger partial charge on any atom is 0.148 e. The van der Waals surface area contributed by atoms with Gasteiger partial charge in [-0.25, -0.2) is 9.97 Å². The summed E-state index contributed by atoms with van der Waals surface area (Å²) in [7, 11) is 0. The number of aliphatic hydroxyl groups excluding tert-OH is 1. The van der Waals surface area contributed by atoms with Crippen LogP contribution in [-0.2, 0) is 6.54 Å². The number of nitrogens with zero attached hydrogens (tertiary/aromatic N) is 4. The van der Waals surface area contributed by atoms with E-state index in [4.69, 9.17) is 4.98 Å². The van der Waals surface area contributed by atoms with E-state index in [2.05, 4.69) is 69.4 Å². The summed E-state index contributed by atoms with van der Waals surface area (Å²) in [5.74, 6) is 1.00. The first-order chi connectivity index (χ1) is 19.6. The normalized spacial score (nSPS) is 20.6. The average Bonchev–Trinajstić information content (AvgIpc) is 3.22. The minimum Gasteiger partial charge on any atom is -0.508 e. The Hall–Kier alpha value is -4.26. The lowest BCUT2D eigenvalue weighted by molar-refractivity contribution is 0.0310. The fraction of sp³-hybridized carbons (Fsp3) is 0.235. The number of piperidine rings is 1. The molecule has 0 aliphatic carbocycles. The van der Waals surface area contributed by atoms with E-state index in [0.29, 0.717) is 12.1 Å². The molecule has 2 aliphatic rings. The maximum atomic E-state index is 10.2. The first-order valence-electron chi connectivity index (χ1n) is 14.0. The second-order valence-corrected chi connectivity index (χ2v) is 11.0. The number of phenols is 1. The summed E-state index contributed by atoms with van der Waals surface area (Å²) in [5, 5.41) is 21.0. The van der Waals surface area contributed by atoms with Gasteiger partial charge < -0.3 is 10.2 Å². The van der Waals surface area contributed by atoms with E-state index < -0.39 is 0 Å². The van der Waals surface area contributed by atoms with Crippen LogP contribution >= 0.6 is 0 Å². The van der Waals surface area contributed by atoms with Crippen LogP contribution in [0.1, 0.15) is 31.2 Å². The average molecular weight is 529 g/mol. The van der Waals surface area contributed by atoms with Crippen molar-refractivity contribution < 1.29 is 10.2 Å². The van der Waals surface area contributed by atoms with Gasteiger partial charge in [-0.2, -0.15) is 0 Å². The zero-order chi connectivity index (χ0) is 27.1. The highest BCUT2D eigenvalue weighted by Gasteiger charge is 2.39. The summed E-state index contributed by atoms with van der Waals surface area (Å²) < 4.78 is 0. The molecule has 7 rings (SSSR count). The van der Waals surface area contributed by atoms with Crippen molar-refractivity contribution >= 4 is 28.1 Å². The predicted molar refractivity (Wildman–Crippen MR) is 159 cm³/mol. The number of hydrogen-bond donors (Lipinski definition) is 2. The molecule has 2 atom stereocenters. The van der Waals surface area contributed by atoms with Gasteiger partial charge in [-0.3, -0.25) is 9.80 Å². The highest BCUT2D eigenvalue weighted by Crippen LogP contribution is 2.39. The summed E-state index contributed by atoms with van der Waals surface area (Å²) in [4.78, 5) is 14.0. The summed E-state index contributed by atoms with van der Waals surface area (Å²) in [6.07, 6.45) is 5.68. The number of aromatic nitrogens is 2. The Morgan fingerprint density at radius 1 is 0.750 bits per heavy atom. The fourth-order valence-electron chi connectivity index (χ4n) is 6.49. The molecule has 2 aliphatic heterocycles. The summed E-state index contributed by atoms with van der Waals surface area (Å²) >= 11 is 0. The maximum absolute atomic E-state index is 10.2. The molecule has 5 aromatic rings. The summed E-state index contributed by atoms with van der Waals surface area (Å²) in [6, 6.07) is 33.5. The van der Waals surface area contributed by atoms with E-state index in [0.717, 1.165) is 58.6 Å². The van der Waals surface area contributed by atoms with E-state index in [1.807, 2.05) is 30.3 Å². The zero-order valence-electron chi connectivity index (χ0n) is 22.3. The van der Waals surface area contributed by atoms with Crippen molar-refractivity contribution in [2.24, 2.45) is 0 Å². The van der Waals surface area contributed by atoms with E-state index in [-0.39, 0.29) is 11.9 Å². The minimum absolute atomic E-state index is 0.134. The smallest absolute Gasteiger partial charge is 0.148 e. The Labute approximate surface area is 234 Å². The van der Waals surface area contributed by atoms with Crippen LogP contribution in [0.3, 0.4) is 0 Å². The molecular weight excluding hydrogens is 496 g/mol. The van der Waals surface area contributed by atoms with Gasteiger partial charge in [0.1, 0.15) is 17.9 Å². The van der Waals surface area contributed by atoms with Gasteiger partial charge in [-0.05, 0) is 90.9 Å². The summed E-state index contributed by atoms with van der Waals surface area (Å²) in [5.41, 5.74) is 6.31. The largest absolute Gasteiger partial charge is 0.508 e. The van der Waals surface area contributed by atoms with E-state index in [9.17, 15) is 10.2 Å². The lowest BCUT2D eigenvalue weighted by Gasteiger charge is -2.37. The fourth-order valence-corrected chi connectivity index (χ4v) is 6.49. The van der Waals surface area contributed by atoms with Gasteiger partial charge in [0.2, 0.25) is 0 Å². The van der Waals surface area contributed by atoms with Gasteiger partial charge in [0, 0.05) is 35.4 Å². The van der Waals surface area contributed by atoms with E-state index in [1.165, 1.54) is 18.4 Å². The highest BCUT2D eigenvalue weighted by atomic mass is 16.3. The third-order valence-corrected chi connectivity index (χ3v) is 8.46. The summed E-state index contributed by atoms with van der Waals surface area (Å²) in [6.45, 7) is 0.941. The molecule has 40 heavy (non-hydrogen) atoms. The molecule has 0 saturated carbocycles. The molecule has 0 spiro atoms. The Bertz CT molecular complexity index is 1610. The van der Waals surface area contributed by atoms with E-state index >= 15 is 0 Å². The van der Waals surface area contributed by atoms with Crippen molar-refractivity contribution in [1.82, 2.24) is 14.9 Å². The Balaban J connectivity index is 1.23. The van der Waals surface area contributed by atoms with Gasteiger partial charge in [-0.15, -0.1) is 0 Å². The van der Waals surface area contributed by atoms with Crippen LogP contribution in [0.25, 0.3) is 22.0 Å². The Kier molecular flexibility index (Phi) is 6.42. The second-order valence-electron chi connectivity index (χ2n) is 11.0. The van der Waals surface area contributed by atoms with Crippen molar-refractivity contribution in [2.75, 3.05) is 4.90 Å². The van der Waals surface area contributed by atoms with Gasteiger partial charge in [-0.1, -0.05) is 48.5 Å². The molecule has 1 aromatic heterocycles. The number of benzene rings is 4. The standard InChI is InChI=1S/C34H32N4O2/c39-30-15-13-27(14-16-30)38(26-4-2-1-3-5-26)34-32-18-25(10-17-33(32)35-22-36-34)24-8-6-23(7-9-24)21-37-28-11-12-29(37)20-31(40)19-28/h1-10,13-18,22,28-29,31,39-40H,11-12,19-21H2. The van der Waals surface area contributed by atoms with Crippen molar-refractivity contribution in [2.45, 2.75) is 50.4 Å². The molecule has 2 saturated heterocycles. The first-order valence-corrected chi connectivity index (χ1v) is 14.0. The SMILES string of the molecule is Oc1ccc(N(c2ccccc2)c2ncnc3ccc(-c4ccc(CN5C6CCC5CC(O)C6)cc4)cc23)cc1. The van der Waals surface area contributed by atoms with Gasteiger partial charge in [0.05, 0.1) is 11.6 Å². The van der Waals surface area contributed by atoms with Crippen LogP contribution in [-0.4, -0.2) is 43.3 Å². The molecule has 6 nitrogen and oxygen atoms in total. The quantitative estimate of drug-likeness (QED) is 0.248. The van der Waals surface area contributed by atoms with Crippen molar-refractivity contribution in [3.05, 3.63) is 109 Å². The molecule has 0 radical (unpaired) electrons. The van der Waals surface area contributed by atoms with Crippen molar-refractivity contribution in [3.8, 4) is 16.9 Å². The molecular formula is C34H32N4O2. The minimum atomic E-state index is -0.134. The topological polar surface area (TPSA) is 72.7 Å². The Morgan fingerprint density at radius 2 is 1.43 bits per heavy atom. The van der Waals surface area contributed by atoms with E-state index in [1.54, 1.807) is 18.5 Å². The zero-order valence-corrected chi connectivity index (χ0v) is 22.3. The third kappa shape index (κ3) is 4.70. The van der Waals surface area contributed by atoms with Gasteiger partial charge in [0.15, 0.2) is 0 Å². The highest BCUT2D eigenvalue weighted by molar-refractivity contribution is 5.97. The van der Waals surface area contributed by atoms with Crippen LogP contribution in [0.2, 0.25) is 0 Å². The van der Waals surface area contributed by atoms with Crippen molar-refractivity contribution in [3.63, 3.8) is 0 Å². The monoisotopic (exact) mass is 528 g/mol. The first kappa shape index (κ1) is 24.8. The molecule has 2 fully saturated rings. The van der Waals surface area contributed by atoms with Crippen LogP contribution in [0.15, 0.2) is 103 Å². The number of para-hydroxylation sites is 1. The number of hydrogen-bond acceptors (Lipinski definition) is 6. The second kappa shape index (κ2) is 10.4. The predicted octanol–water partition coefficient (Wildman–Crippen LogP) is 6.96. The molecule has 3 heterocycles. The number of anilines is 3. The lowest BCUT2D eigenvalue weighted by Crippen LogP contribution is -2.44. The van der Waals surface area contributed by atoms with Crippen LogP contribution in [0, 0.1) is 0 Å². The molecule has 2 N–H and O–H groups in total. The molecule has 2 unspecified atom stereocenters. The number of fused-ring (bicyclic) bond motifs is 3. The number of aliphatic hydroxyl groups is 1. The number of rotatable bonds is 6. The number of aromatic hydroxyl groups is 1. The van der Waals surface area contributed by atoms with Crippen LogP contribution < -0.4 is 4.90 Å². The molecule has 200 valence electrons. The van der Waals surface area contributed by atoms with Gasteiger partial charge >= 0.3 is 0 Å². The molecule has 2 bridgehead atoms. The Morgan fingerprint density at radius 3 is 2.15 bits per heavy atom. The van der Waals surface area contributed by atoms with Crippen LogP contribution in [0.5, 0.6) is 5.75 Å². The van der Waals surface area contributed by atoms with Gasteiger partial charge in [0.25, 0.3) is 0 Å². The number of phenolic OH excluding ortho intramolecular Hbond substituents is 1. The van der Waals surface area contributed by atoms with Crippen LogP contribution in [0.4, 0.5) is 17.2 Å². The molecule has 4 aromatic carbocycles. The third-order valence-electron chi connectivity index (χ3n) is 8.46. The molecule has 6 heteroatoms.